The number of thioether (sulfide) groups is 1. The van der Waals surface area contributed by atoms with E-state index in [1.807, 2.05) is 37.3 Å². The van der Waals surface area contributed by atoms with Crippen LogP contribution in [0.15, 0.2) is 47.4 Å². The molecule has 1 unspecified atom stereocenters. The van der Waals surface area contributed by atoms with Crippen molar-refractivity contribution in [2.75, 3.05) is 5.32 Å². The topological polar surface area (TPSA) is 68.3 Å². The van der Waals surface area contributed by atoms with E-state index in [1.54, 1.807) is 12.1 Å². The summed E-state index contributed by atoms with van der Waals surface area (Å²) in [5.41, 5.74) is 1.97. The third-order valence-electron chi connectivity index (χ3n) is 3.81. The number of ether oxygens (including phenoxy) is 1. The normalized spacial score (nSPS) is 16.4. The summed E-state index contributed by atoms with van der Waals surface area (Å²) < 4.78 is 6.44. The molecule has 7 heteroatoms. The van der Waals surface area contributed by atoms with Crippen LogP contribution in [0.4, 0.5) is 5.69 Å². The molecule has 1 aliphatic rings. The Bertz CT molecular complexity index is 950. The van der Waals surface area contributed by atoms with E-state index in [0.717, 1.165) is 20.1 Å². The average molecular weight is 370 g/mol. The van der Waals surface area contributed by atoms with Gasteiger partial charge < -0.3 is 10.1 Å². The first kappa shape index (κ1) is 16.1. The molecule has 0 bridgehead atoms. The van der Waals surface area contributed by atoms with Crippen molar-refractivity contribution in [2.24, 2.45) is 0 Å². The van der Waals surface area contributed by atoms with Gasteiger partial charge >= 0.3 is 5.97 Å². The number of aromatic nitrogens is 1. The van der Waals surface area contributed by atoms with Gasteiger partial charge in [-0.1, -0.05) is 12.1 Å². The Kier molecular flexibility index (Phi) is 4.19. The predicted octanol–water partition coefficient (Wildman–Crippen LogP) is 4.09. The minimum Gasteiger partial charge on any atom is -0.455 e. The lowest BCUT2D eigenvalue weighted by atomic mass is 10.2. The number of amides is 1. The van der Waals surface area contributed by atoms with Crippen molar-refractivity contribution in [3.63, 3.8) is 0 Å². The van der Waals surface area contributed by atoms with E-state index in [-0.39, 0.29) is 17.8 Å². The molecule has 25 heavy (non-hydrogen) atoms. The maximum atomic E-state index is 12.3. The van der Waals surface area contributed by atoms with E-state index in [0.29, 0.717) is 11.3 Å². The van der Waals surface area contributed by atoms with E-state index in [4.69, 9.17) is 4.74 Å². The Labute approximate surface area is 152 Å². The smallest absolute Gasteiger partial charge is 0.338 e. The molecule has 1 aromatic heterocycles. The Balaban J connectivity index is 1.48. The van der Waals surface area contributed by atoms with Crippen LogP contribution in [-0.2, 0) is 16.1 Å². The number of thiazole rings is 1. The Morgan fingerprint density at radius 1 is 1.28 bits per heavy atom. The van der Waals surface area contributed by atoms with Gasteiger partial charge in [0.2, 0.25) is 5.91 Å². The number of hydrogen-bond donors (Lipinski definition) is 1. The van der Waals surface area contributed by atoms with Gasteiger partial charge in [0.1, 0.15) is 11.6 Å². The average Bonchev–Trinajstić information content (AvgIpc) is 3.03. The predicted molar refractivity (Wildman–Crippen MR) is 99.1 cm³/mol. The second-order valence-electron chi connectivity index (χ2n) is 5.61. The number of rotatable bonds is 3. The highest BCUT2D eigenvalue weighted by atomic mass is 32.2. The fourth-order valence-corrected chi connectivity index (χ4v) is 4.34. The van der Waals surface area contributed by atoms with Crippen molar-refractivity contribution < 1.29 is 14.3 Å². The zero-order valence-electron chi connectivity index (χ0n) is 13.3. The minimum atomic E-state index is -0.431. The van der Waals surface area contributed by atoms with E-state index in [1.165, 1.54) is 23.1 Å². The van der Waals surface area contributed by atoms with Crippen LogP contribution in [-0.4, -0.2) is 22.1 Å². The van der Waals surface area contributed by atoms with Crippen molar-refractivity contribution in [3.05, 3.63) is 53.0 Å². The SMILES string of the molecule is CC1Sc2ccc(C(=O)OCc3nc4ccccc4s3)cc2NC1=O. The molecule has 4 rings (SSSR count). The number of nitrogens with zero attached hydrogens (tertiary/aromatic N) is 1. The van der Waals surface area contributed by atoms with Crippen LogP contribution in [0.5, 0.6) is 0 Å². The molecular formula is C18H14N2O3S2. The summed E-state index contributed by atoms with van der Waals surface area (Å²) in [6.45, 7) is 1.98. The van der Waals surface area contributed by atoms with Crippen molar-refractivity contribution in [2.45, 2.75) is 23.7 Å². The number of para-hydroxylation sites is 1. The molecule has 1 aliphatic heterocycles. The van der Waals surface area contributed by atoms with Crippen molar-refractivity contribution in [3.8, 4) is 0 Å². The van der Waals surface area contributed by atoms with E-state index in [9.17, 15) is 9.59 Å². The highest BCUT2D eigenvalue weighted by Gasteiger charge is 2.24. The highest BCUT2D eigenvalue weighted by molar-refractivity contribution is 8.00. The van der Waals surface area contributed by atoms with Crippen LogP contribution in [0.3, 0.4) is 0 Å². The largest absolute Gasteiger partial charge is 0.455 e. The Hall–Kier alpha value is -2.38. The van der Waals surface area contributed by atoms with Crippen LogP contribution in [0.1, 0.15) is 22.3 Å². The van der Waals surface area contributed by atoms with Crippen molar-refractivity contribution in [1.82, 2.24) is 4.98 Å². The van der Waals surface area contributed by atoms with Gasteiger partial charge in [0.25, 0.3) is 0 Å². The zero-order valence-corrected chi connectivity index (χ0v) is 14.9. The molecule has 0 radical (unpaired) electrons. The third kappa shape index (κ3) is 3.25. The molecule has 2 aromatic carbocycles. The fourth-order valence-electron chi connectivity index (χ4n) is 2.53. The molecular weight excluding hydrogens is 356 g/mol. The second-order valence-corrected chi connectivity index (χ2v) is 8.11. The monoisotopic (exact) mass is 370 g/mol. The number of carbonyl (C=O) groups is 2. The van der Waals surface area contributed by atoms with Crippen molar-refractivity contribution in [1.29, 1.82) is 0 Å². The molecule has 0 spiro atoms. The molecule has 0 saturated carbocycles. The van der Waals surface area contributed by atoms with Gasteiger partial charge in [-0.3, -0.25) is 4.79 Å². The molecule has 1 amide bonds. The lowest BCUT2D eigenvalue weighted by Gasteiger charge is -2.21. The first-order chi connectivity index (χ1) is 12.1. The van der Waals surface area contributed by atoms with E-state index in [2.05, 4.69) is 10.3 Å². The molecule has 0 saturated heterocycles. The summed E-state index contributed by atoms with van der Waals surface area (Å²) in [5.74, 6) is -0.488. The Morgan fingerprint density at radius 2 is 2.12 bits per heavy atom. The van der Waals surface area contributed by atoms with Crippen LogP contribution >= 0.6 is 23.1 Å². The molecule has 1 N–H and O–H groups in total. The number of benzene rings is 2. The van der Waals surface area contributed by atoms with Gasteiger partial charge in [-0.15, -0.1) is 23.1 Å². The van der Waals surface area contributed by atoms with Gasteiger partial charge in [-0.2, -0.15) is 0 Å². The third-order valence-corrected chi connectivity index (χ3v) is 6.00. The minimum absolute atomic E-state index is 0.0579. The summed E-state index contributed by atoms with van der Waals surface area (Å²) in [4.78, 5) is 29.5. The summed E-state index contributed by atoms with van der Waals surface area (Å²) >= 11 is 2.99. The number of hydrogen-bond acceptors (Lipinski definition) is 6. The summed E-state index contributed by atoms with van der Waals surface area (Å²) in [6.07, 6.45) is 0. The first-order valence-electron chi connectivity index (χ1n) is 7.73. The maximum absolute atomic E-state index is 12.3. The van der Waals surface area contributed by atoms with E-state index >= 15 is 0 Å². The lowest BCUT2D eigenvalue weighted by Crippen LogP contribution is -2.26. The van der Waals surface area contributed by atoms with Crippen LogP contribution < -0.4 is 5.32 Å². The fraction of sp³-hybridized carbons (Fsp3) is 0.167. The Morgan fingerprint density at radius 3 is 2.96 bits per heavy atom. The second kappa shape index (κ2) is 6.50. The zero-order chi connectivity index (χ0) is 17.4. The first-order valence-corrected chi connectivity index (χ1v) is 9.43. The van der Waals surface area contributed by atoms with Gasteiger partial charge in [0.05, 0.1) is 26.7 Å². The van der Waals surface area contributed by atoms with Gasteiger partial charge in [-0.05, 0) is 37.3 Å². The van der Waals surface area contributed by atoms with Crippen molar-refractivity contribution >= 4 is 50.9 Å². The quantitative estimate of drug-likeness (QED) is 0.704. The summed E-state index contributed by atoms with van der Waals surface area (Å²) in [6, 6.07) is 13.0. The molecule has 2 heterocycles. The maximum Gasteiger partial charge on any atom is 0.338 e. The van der Waals surface area contributed by atoms with Crippen LogP contribution in [0, 0.1) is 0 Å². The molecule has 0 fully saturated rings. The molecule has 3 aromatic rings. The number of nitrogens with one attached hydrogen (secondary N) is 1. The summed E-state index contributed by atoms with van der Waals surface area (Å²) in [7, 11) is 0. The standard InChI is InChI=1S/C18H14N2O3S2/c1-10-17(21)20-13-8-11(6-7-15(13)24-10)18(22)23-9-16-19-12-4-2-3-5-14(12)25-16/h2-8,10H,9H2,1H3,(H,20,21). The molecule has 0 aliphatic carbocycles. The van der Waals surface area contributed by atoms with Gasteiger partial charge in [0, 0.05) is 4.90 Å². The number of anilines is 1. The highest BCUT2D eigenvalue weighted by Crippen LogP contribution is 2.36. The lowest BCUT2D eigenvalue weighted by molar-refractivity contribution is -0.115. The molecule has 5 nitrogen and oxygen atoms in total. The summed E-state index contributed by atoms with van der Waals surface area (Å²) in [5, 5.41) is 3.44. The molecule has 126 valence electrons. The number of fused-ring (bicyclic) bond motifs is 2. The molecule has 1 atom stereocenters. The van der Waals surface area contributed by atoms with Gasteiger partial charge in [-0.25, -0.2) is 9.78 Å². The van der Waals surface area contributed by atoms with E-state index < -0.39 is 5.97 Å². The van der Waals surface area contributed by atoms with Crippen LogP contribution in [0.25, 0.3) is 10.2 Å². The number of carbonyl (C=O) groups excluding carboxylic acids is 2. The van der Waals surface area contributed by atoms with Gasteiger partial charge in [0.15, 0.2) is 0 Å². The number of esters is 1. The van der Waals surface area contributed by atoms with Crippen LogP contribution in [0.2, 0.25) is 0 Å².